The number of hydrogen-bond acceptors (Lipinski definition) is 1. The molecule has 0 aromatic heterocycles. The highest BCUT2D eigenvalue weighted by Crippen LogP contribution is 2.03. The van der Waals surface area contributed by atoms with Crippen molar-refractivity contribution in [1.82, 2.24) is 5.32 Å². The fourth-order valence-electron chi connectivity index (χ4n) is 1.12. The molecular formula is C12H25N. The quantitative estimate of drug-likeness (QED) is 0.471. The Kier molecular flexibility index (Phi) is 8.11. The minimum absolute atomic E-state index is 0.615. The molecular weight excluding hydrogens is 158 g/mol. The standard InChI is InChI=1S/C12H25N/c1-11(2)9-7-5-6-8-10-13-12(3)4/h5-6,11-13H,7-10H2,1-4H3/b6-5+. The second-order valence-electron chi connectivity index (χ2n) is 4.34. The zero-order valence-corrected chi connectivity index (χ0v) is 9.64. The average Bonchev–Trinajstić information content (AvgIpc) is 2.01. The van der Waals surface area contributed by atoms with Crippen LogP contribution in [0.15, 0.2) is 12.2 Å². The highest BCUT2D eigenvalue weighted by molar-refractivity contribution is 4.82. The lowest BCUT2D eigenvalue weighted by atomic mass is 10.1. The molecule has 0 unspecified atom stereocenters. The van der Waals surface area contributed by atoms with E-state index in [-0.39, 0.29) is 0 Å². The van der Waals surface area contributed by atoms with Crippen LogP contribution in [0.5, 0.6) is 0 Å². The molecule has 0 heterocycles. The zero-order valence-electron chi connectivity index (χ0n) is 9.64. The first-order valence-corrected chi connectivity index (χ1v) is 5.51. The molecule has 0 fully saturated rings. The number of hydrogen-bond donors (Lipinski definition) is 1. The van der Waals surface area contributed by atoms with Gasteiger partial charge in [0.1, 0.15) is 0 Å². The smallest absolute Gasteiger partial charge is 0.00105 e. The molecule has 0 aliphatic heterocycles. The Labute approximate surface area is 83.6 Å². The highest BCUT2D eigenvalue weighted by atomic mass is 14.9. The molecule has 0 radical (unpaired) electrons. The molecule has 78 valence electrons. The van der Waals surface area contributed by atoms with E-state index in [4.69, 9.17) is 0 Å². The molecule has 0 aliphatic rings. The van der Waals surface area contributed by atoms with E-state index in [0.717, 1.165) is 18.9 Å². The summed E-state index contributed by atoms with van der Waals surface area (Å²) < 4.78 is 0. The topological polar surface area (TPSA) is 12.0 Å². The molecule has 0 amide bonds. The minimum Gasteiger partial charge on any atom is -0.314 e. The Balaban J connectivity index is 3.13. The molecule has 1 N–H and O–H groups in total. The zero-order chi connectivity index (χ0) is 10.1. The second-order valence-corrected chi connectivity index (χ2v) is 4.34. The summed E-state index contributed by atoms with van der Waals surface area (Å²) in [5.41, 5.74) is 0. The molecule has 0 saturated carbocycles. The van der Waals surface area contributed by atoms with Crippen LogP contribution >= 0.6 is 0 Å². The van der Waals surface area contributed by atoms with Gasteiger partial charge in [-0.2, -0.15) is 0 Å². The lowest BCUT2D eigenvalue weighted by Gasteiger charge is -2.04. The van der Waals surface area contributed by atoms with Crippen molar-refractivity contribution in [3.05, 3.63) is 12.2 Å². The van der Waals surface area contributed by atoms with Gasteiger partial charge >= 0.3 is 0 Å². The first-order chi connectivity index (χ1) is 6.13. The van der Waals surface area contributed by atoms with Gasteiger partial charge in [0.15, 0.2) is 0 Å². The van der Waals surface area contributed by atoms with Gasteiger partial charge in [0.25, 0.3) is 0 Å². The molecule has 0 bridgehead atoms. The van der Waals surface area contributed by atoms with Crippen molar-refractivity contribution in [2.45, 2.75) is 53.0 Å². The van der Waals surface area contributed by atoms with Crippen LogP contribution in [0.4, 0.5) is 0 Å². The summed E-state index contributed by atoms with van der Waals surface area (Å²) in [6.07, 6.45) is 8.31. The molecule has 0 aromatic rings. The van der Waals surface area contributed by atoms with E-state index in [0.29, 0.717) is 6.04 Å². The molecule has 0 aromatic carbocycles. The lowest BCUT2D eigenvalue weighted by Crippen LogP contribution is -2.23. The first-order valence-electron chi connectivity index (χ1n) is 5.51. The molecule has 0 rings (SSSR count). The van der Waals surface area contributed by atoms with Gasteiger partial charge in [-0.1, -0.05) is 39.8 Å². The third-order valence-electron chi connectivity index (χ3n) is 1.94. The summed E-state index contributed by atoms with van der Waals surface area (Å²) in [5.74, 6) is 0.832. The molecule has 0 aliphatic carbocycles. The molecule has 1 nitrogen and oxygen atoms in total. The van der Waals surface area contributed by atoms with Gasteiger partial charge in [-0.15, -0.1) is 0 Å². The third kappa shape index (κ3) is 11.7. The van der Waals surface area contributed by atoms with Crippen LogP contribution in [0.3, 0.4) is 0 Å². The van der Waals surface area contributed by atoms with E-state index in [1.165, 1.54) is 12.8 Å². The van der Waals surface area contributed by atoms with Crippen LogP contribution in [0, 0.1) is 5.92 Å². The first kappa shape index (κ1) is 12.7. The summed E-state index contributed by atoms with van der Waals surface area (Å²) in [6, 6.07) is 0.615. The molecule has 1 heteroatoms. The maximum absolute atomic E-state index is 3.39. The van der Waals surface area contributed by atoms with E-state index in [1.807, 2.05) is 0 Å². The van der Waals surface area contributed by atoms with Gasteiger partial charge in [0.2, 0.25) is 0 Å². The summed E-state index contributed by atoms with van der Waals surface area (Å²) in [5, 5.41) is 3.39. The van der Waals surface area contributed by atoms with Gasteiger partial charge in [0, 0.05) is 6.04 Å². The fourth-order valence-corrected chi connectivity index (χ4v) is 1.12. The molecule has 0 saturated heterocycles. The Morgan fingerprint density at radius 2 is 1.62 bits per heavy atom. The SMILES string of the molecule is CC(C)CC/C=C/CCNC(C)C. The van der Waals surface area contributed by atoms with Crippen LogP contribution in [-0.4, -0.2) is 12.6 Å². The van der Waals surface area contributed by atoms with Crippen LogP contribution < -0.4 is 5.32 Å². The fraction of sp³-hybridized carbons (Fsp3) is 0.833. The van der Waals surface area contributed by atoms with Crippen molar-refractivity contribution in [1.29, 1.82) is 0 Å². The monoisotopic (exact) mass is 183 g/mol. The molecule has 0 spiro atoms. The number of nitrogens with one attached hydrogen (secondary N) is 1. The minimum atomic E-state index is 0.615. The van der Waals surface area contributed by atoms with Crippen molar-refractivity contribution >= 4 is 0 Å². The van der Waals surface area contributed by atoms with E-state index in [1.54, 1.807) is 0 Å². The normalized spacial score (nSPS) is 12.2. The Bertz CT molecular complexity index is 125. The van der Waals surface area contributed by atoms with Crippen molar-refractivity contribution < 1.29 is 0 Å². The van der Waals surface area contributed by atoms with E-state index < -0.39 is 0 Å². The number of rotatable bonds is 7. The predicted octanol–water partition coefficient (Wildman–Crippen LogP) is 3.37. The maximum Gasteiger partial charge on any atom is 0.00105 e. The van der Waals surface area contributed by atoms with Gasteiger partial charge in [-0.3, -0.25) is 0 Å². The van der Waals surface area contributed by atoms with Crippen LogP contribution in [-0.2, 0) is 0 Å². The van der Waals surface area contributed by atoms with Crippen LogP contribution in [0.2, 0.25) is 0 Å². The predicted molar refractivity (Wildman–Crippen MR) is 61.0 cm³/mol. The Morgan fingerprint density at radius 3 is 2.15 bits per heavy atom. The highest BCUT2D eigenvalue weighted by Gasteiger charge is 1.90. The summed E-state index contributed by atoms with van der Waals surface area (Å²) in [7, 11) is 0. The van der Waals surface area contributed by atoms with E-state index >= 15 is 0 Å². The van der Waals surface area contributed by atoms with Crippen LogP contribution in [0.25, 0.3) is 0 Å². The lowest BCUT2D eigenvalue weighted by molar-refractivity contribution is 0.587. The van der Waals surface area contributed by atoms with Gasteiger partial charge in [-0.05, 0) is 31.7 Å². The largest absolute Gasteiger partial charge is 0.314 e. The molecule has 13 heavy (non-hydrogen) atoms. The van der Waals surface area contributed by atoms with Gasteiger partial charge < -0.3 is 5.32 Å². The van der Waals surface area contributed by atoms with Crippen LogP contribution in [0.1, 0.15) is 47.0 Å². The van der Waals surface area contributed by atoms with Crippen molar-refractivity contribution in [2.75, 3.05) is 6.54 Å². The second kappa shape index (κ2) is 8.31. The van der Waals surface area contributed by atoms with Gasteiger partial charge in [-0.25, -0.2) is 0 Å². The van der Waals surface area contributed by atoms with Crippen molar-refractivity contribution in [3.8, 4) is 0 Å². The Morgan fingerprint density at radius 1 is 1.00 bits per heavy atom. The summed E-state index contributed by atoms with van der Waals surface area (Å²) in [4.78, 5) is 0. The Hall–Kier alpha value is -0.300. The third-order valence-corrected chi connectivity index (χ3v) is 1.94. The summed E-state index contributed by atoms with van der Waals surface area (Å²) in [6.45, 7) is 10.0. The van der Waals surface area contributed by atoms with Gasteiger partial charge in [0.05, 0.1) is 0 Å². The van der Waals surface area contributed by atoms with E-state index in [2.05, 4.69) is 45.2 Å². The average molecular weight is 183 g/mol. The van der Waals surface area contributed by atoms with Crippen molar-refractivity contribution in [3.63, 3.8) is 0 Å². The van der Waals surface area contributed by atoms with E-state index in [9.17, 15) is 0 Å². The maximum atomic E-state index is 3.39. The number of allylic oxidation sites excluding steroid dienone is 1. The molecule has 0 atom stereocenters. The summed E-state index contributed by atoms with van der Waals surface area (Å²) >= 11 is 0. The van der Waals surface area contributed by atoms with Crippen molar-refractivity contribution in [2.24, 2.45) is 5.92 Å².